The van der Waals surface area contributed by atoms with Crippen LogP contribution in [0.25, 0.3) is 4.96 Å². The van der Waals surface area contributed by atoms with Gasteiger partial charge < -0.3 is 5.11 Å². The fraction of sp³-hybridized carbons (Fsp3) is 0.417. The predicted octanol–water partition coefficient (Wildman–Crippen LogP) is 1.58. The Morgan fingerprint density at radius 3 is 3.11 bits per heavy atom. The summed E-state index contributed by atoms with van der Waals surface area (Å²) < 4.78 is 1.48. The molecule has 0 radical (unpaired) electrons. The number of fused-ring (bicyclic) bond motifs is 3. The Bertz CT molecular complexity index is 701. The fourth-order valence-electron chi connectivity index (χ4n) is 2.40. The SMILES string of the molecule is CC1CCc2c(sc3ncc(C(=O)O)c(=O)n23)C1. The van der Waals surface area contributed by atoms with Crippen molar-refractivity contribution in [2.45, 2.75) is 26.2 Å². The second-order valence-corrected chi connectivity index (χ2v) is 5.78. The molecular formula is C12H12N2O3S. The first-order valence-corrected chi connectivity index (χ1v) is 6.65. The van der Waals surface area contributed by atoms with Crippen LogP contribution in [-0.4, -0.2) is 20.5 Å². The highest BCUT2D eigenvalue weighted by Crippen LogP contribution is 2.30. The minimum atomic E-state index is -1.22. The van der Waals surface area contributed by atoms with E-state index in [0.717, 1.165) is 31.2 Å². The maximum atomic E-state index is 12.1. The number of carboxylic acids is 1. The summed E-state index contributed by atoms with van der Waals surface area (Å²) in [5.74, 6) is -0.605. The molecule has 0 saturated heterocycles. The summed E-state index contributed by atoms with van der Waals surface area (Å²) in [5.41, 5.74) is 0.236. The van der Waals surface area contributed by atoms with Crippen LogP contribution in [0, 0.1) is 5.92 Å². The summed E-state index contributed by atoms with van der Waals surface area (Å²) >= 11 is 1.50. The predicted molar refractivity (Wildman–Crippen MR) is 67.5 cm³/mol. The number of carboxylic acid groups (broad SMARTS) is 1. The van der Waals surface area contributed by atoms with E-state index in [2.05, 4.69) is 11.9 Å². The average molecular weight is 264 g/mol. The van der Waals surface area contributed by atoms with Gasteiger partial charge in [-0.1, -0.05) is 6.92 Å². The number of nitrogens with zero attached hydrogens (tertiary/aromatic N) is 2. The molecule has 0 bridgehead atoms. The van der Waals surface area contributed by atoms with E-state index in [1.165, 1.54) is 20.6 Å². The highest BCUT2D eigenvalue weighted by Gasteiger charge is 2.23. The number of hydrogen-bond donors (Lipinski definition) is 1. The molecule has 0 spiro atoms. The van der Waals surface area contributed by atoms with Gasteiger partial charge in [0.25, 0.3) is 5.56 Å². The normalized spacial score (nSPS) is 18.8. The van der Waals surface area contributed by atoms with Crippen molar-refractivity contribution in [3.05, 3.63) is 32.7 Å². The molecule has 2 heterocycles. The smallest absolute Gasteiger partial charge is 0.342 e. The van der Waals surface area contributed by atoms with E-state index < -0.39 is 11.5 Å². The maximum Gasteiger partial charge on any atom is 0.342 e. The molecule has 18 heavy (non-hydrogen) atoms. The van der Waals surface area contributed by atoms with Gasteiger partial charge in [-0.15, -0.1) is 11.3 Å². The Hall–Kier alpha value is -1.69. The van der Waals surface area contributed by atoms with Crippen molar-refractivity contribution in [3.8, 4) is 0 Å². The van der Waals surface area contributed by atoms with E-state index in [0.29, 0.717) is 10.9 Å². The first-order valence-electron chi connectivity index (χ1n) is 5.83. The van der Waals surface area contributed by atoms with Gasteiger partial charge in [-0.05, 0) is 25.2 Å². The lowest BCUT2D eigenvalue weighted by atomic mass is 9.93. The highest BCUT2D eigenvalue weighted by molar-refractivity contribution is 7.17. The van der Waals surface area contributed by atoms with Crippen LogP contribution in [0.15, 0.2) is 11.0 Å². The van der Waals surface area contributed by atoms with Gasteiger partial charge in [-0.2, -0.15) is 0 Å². The van der Waals surface area contributed by atoms with Crippen LogP contribution in [-0.2, 0) is 12.8 Å². The van der Waals surface area contributed by atoms with Crippen molar-refractivity contribution in [3.63, 3.8) is 0 Å². The Kier molecular flexibility index (Phi) is 2.48. The zero-order valence-electron chi connectivity index (χ0n) is 9.84. The molecule has 1 aliphatic carbocycles. The number of carbonyl (C=O) groups is 1. The molecule has 2 aromatic rings. The number of aryl methyl sites for hydroxylation is 1. The monoisotopic (exact) mass is 264 g/mol. The minimum Gasteiger partial charge on any atom is -0.477 e. The van der Waals surface area contributed by atoms with Gasteiger partial charge in [0.15, 0.2) is 4.96 Å². The fourth-order valence-corrected chi connectivity index (χ4v) is 3.69. The quantitative estimate of drug-likeness (QED) is 0.848. The van der Waals surface area contributed by atoms with E-state index in [1.54, 1.807) is 0 Å². The van der Waals surface area contributed by atoms with E-state index in [9.17, 15) is 9.59 Å². The van der Waals surface area contributed by atoms with Gasteiger partial charge in [-0.3, -0.25) is 9.20 Å². The molecule has 1 unspecified atom stereocenters. The van der Waals surface area contributed by atoms with E-state index in [-0.39, 0.29) is 5.56 Å². The van der Waals surface area contributed by atoms with Gasteiger partial charge in [0.2, 0.25) is 0 Å². The summed E-state index contributed by atoms with van der Waals surface area (Å²) in [5, 5.41) is 8.96. The van der Waals surface area contributed by atoms with Crippen molar-refractivity contribution in [2.24, 2.45) is 5.92 Å². The van der Waals surface area contributed by atoms with Crippen LogP contribution in [0.1, 0.15) is 34.3 Å². The lowest BCUT2D eigenvalue weighted by molar-refractivity contribution is 0.0694. The number of aromatic carboxylic acids is 1. The van der Waals surface area contributed by atoms with Gasteiger partial charge in [0.05, 0.1) is 6.20 Å². The van der Waals surface area contributed by atoms with Crippen LogP contribution < -0.4 is 5.56 Å². The van der Waals surface area contributed by atoms with Gasteiger partial charge >= 0.3 is 5.97 Å². The van der Waals surface area contributed by atoms with E-state index >= 15 is 0 Å². The number of rotatable bonds is 1. The van der Waals surface area contributed by atoms with Crippen molar-refractivity contribution >= 4 is 22.3 Å². The summed E-state index contributed by atoms with van der Waals surface area (Å²) in [7, 11) is 0. The minimum absolute atomic E-state index is 0.258. The Labute approximate surface area is 107 Å². The van der Waals surface area contributed by atoms with Crippen LogP contribution in [0.5, 0.6) is 0 Å². The van der Waals surface area contributed by atoms with E-state index in [4.69, 9.17) is 5.11 Å². The molecule has 0 saturated carbocycles. The molecule has 3 rings (SSSR count). The third kappa shape index (κ3) is 1.56. The zero-order valence-corrected chi connectivity index (χ0v) is 10.7. The first-order chi connectivity index (χ1) is 8.58. The molecule has 0 aliphatic heterocycles. The van der Waals surface area contributed by atoms with E-state index in [1.807, 2.05) is 0 Å². The van der Waals surface area contributed by atoms with Crippen molar-refractivity contribution in [1.82, 2.24) is 9.38 Å². The molecule has 1 aliphatic rings. The zero-order chi connectivity index (χ0) is 12.9. The summed E-state index contributed by atoms with van der Waals surface area (Å²) in [4.78, 5) is 29.0. The highest BCUT2D eigenvalue weighted by atomic mass is 32.1. The molecule has 0 aromatic carbocycles. The standard InChI is InChI=1S/C12H12N2O3S/c1-6-2-3-8-9(4-6)18-12-13-5-7(11(16)17)10(15)14(8)12/h5-6H,2-4H2,1H3,(H,16,17). The molecule has 1 atom stereocenters. The molecule has 0 fully saturated rings. The molecular weight excluding hydrogens is 252 g/mol. The first kappa shape index (κ1) is 11.4. The molecule has 2 aromatic heterocycles. The van der Waals surface area contributed by atoms with Gasteiger partial charge in [-0.25, -0.2) is 9.78 Å². The molecule has 1 N–H and O–H groups in total. The topological polar surface area (TPSA) is 71.7 Å². The van der Waals surface area contributed by atoms with Crippen molar-refractivity contribution in [1.29, 1.82) is 0 Å². The van der Waals surface area contributed by atoms with Crippen LogP contribution in [0.4, 0.5) is 0 Å². The van der Waals surface area contributed by atoms with Crippen LogP contribution in [0.2, 0.25) is 0 Å². The molecule has 0 amide bonds. The second-order valence-electron chi connectivity index (χ2n) is 4.72. The Morgan fingerprint density at radius 2 is 2.39 bits per heavy atom. The number of aromatic nitrogens is 2. The summed E-state index contributed by atoms with van der Waals surface area (Å²) in [6.07, 6.45) is 3.96. The van der Waals surface area contributed by atoms with Crippen LogP contribution >= 0.6 is 11.3 Å². The van der Waals surface area contributed by atoms with Gasteiger partial charge in [0, 0.05) is 10.6 Å². The number of hydrogen-bond acceptors (Lipinski definition) is 4. The molecule has 94 valence electrons. The number of thiazole rings is 1. The maximum absolute atomic E-state index is 12.1. The summed E-state index contributed by atoms with van der Waals surface area (Å²) in [6, 6.07) is 0. The van der Waals surface area contributed by atoms with Gasteiger partial charge in [0.1, 0.15) is 5.56 Å². The average Bonchev–Trinajstić information content (AvgIpc) is 2.66. The summed E-state index contributed by atoms with van der Waals surface area (Å²) in [6.45, 7) is 2.19. The molecule has 5 nitrogen and oxygen atoms in total. The van der Waals surface area contributed by atoms with Crippen molar-refractivity contribution in [2.75, 3.05) is 0 Å². The lowest BCUT2D eigenvalue weighted by Gasteiger charge is -2.17. The second kappa shape index (κ2) is 3.91. The third-order valence-electron chi connectivity index (χ3n) is 3.37. The van der Waals surface area contributed by atoms with Crippen LogP contribution in [0.3, 0.4) is 0 Å². The third-order valence-corrected chi connectivity index (χ3v) is 4.49. The molecule has 6 heteroatoms. The Morgan fingerprint density at radius 1 is 1.61 bits per heavy atom. The van der Waals surface area contributed by atoms with Crippen molar-refractivity contribution < 1.29 is 9.90 Å². The largest absolute Gasteiger partial charge is 0.477 e. The Balaban J connectivity index is 2.32. The lowest BCUT2D eigenvalue weighted by Crippen LogP contribution is -2.24.